The lowest BCUT2D eigenvalue weighted by molar-refractivity contribution is 0.284. The topological polar surface area (TPSA) is 18.5 Å². The van der Waals surface area contributed by atoms with Crippen molar-refractivity contribution in [1.29, 1.82) is 0 Å². The summed E-state index contributed by atoms with van der Waals surface area (Å²) in [6, 6.07) is 12.8. The summed E-state index contributed by atoms with van der Waals surface area (Å²) in [4.78, 5) is 2.35. The van der Waals surface area contributed by atoms with E-state index in [2.05, 4.69) is 96.0 Å². The summed E-state index contributed by atoms with van der Waals surface area (Å²) in [6.45, 7) is 10.3. The van der Waals surface area contributed by atoms with Crippen LogP contribution in [0.4, 0.5) is 0 Å². The average Bonchev–Trinajstić information content (AvgIpc) is 3.30. The summed E-state index contributed by atoms with van der Waals surface area (Å²) in [6.07, 6.45) is 2.06. The molecular formula is C24H28Br2O2S2. The van der Waals surface area contributed by atoms with Crippen LogP contribution in [0.3, 0.4) is 0 Å². The molecule has 0 N–H and O–H groups in total. The van der Waals surface area contributed by atoms with Gasteiger partial charge in [0, 0.05) is 20.9 Å². The van der Waals surface area contributed by atoms with E-state index >= 15 is 0 Å². The molecule has 1 aromatic carbocycles. The number of ether oxygens (including phenoxy) is 2. The van der Waals surface area contributed by atoms with E-state index in [9.17, 15) is 0 Å². The van der Waals surface area contributed by atoms with Crippen LogP contribution in [0.5, 0.6) is 11.5 Å². The molecule has 30 heavy (non-hydrogen) atoms. The lowest BCUT2D eigenvalue weighted by Crippen LogP contribution is -2.05. The van der Waals surface area contributed by atoms with Gasteiger partial charge in [-0.05, 0) is 92.9 Å². The first kappa shape index (κ1) is 23.8. The molecule has 3 aromatic rings. The van der Waals surface area contributed by atoms with Crippen LogP contribution in [0.1, 0.15) is 40.5 Å². The Labute approximate surface area is 204 Å². The van der Waals surface area contributed by atoms with Gasteiger partial charge in [0.05, 0.1) is 20.8 Å². The molecule has 0 spiro atoms. The molecule has 3 rings (SSSR count). The Bertz CT molecular complexity index is 882. The molecule has 0 aliphatic heterocycles. The number of hydrogen-bond acceptors (Lipinski definition) is 4. The predicted molar refractivity (Wildman–Crippen MR) is 138 cm³/mol. The van der Waals surface area contributed by atoms with Crippen molar-refractivity contribution in [2.75, 3.05) is 13.2 Å². The number of benzene rings is 1. The second-order valence-corrected chi connectivity index (χ2v) is 13.0. The van der Waals surface area contributed by atoms with Crippen molar-refractivity contribution in [3.05, 3.63) is 44.0 Å². The number of rotatable bonds is 10. The molecule has 0 radical (unpaired) electrons. The Kier molecular flexibility index (Phi) is 8.87. The van der Waals surface area contributed by atoms with Crippen LogP contribution in [0.15, 0.2) is 44.0 Å². The maximum Gasteiger partial charge on any atom is 0.128 e. The summed E-state index contributed by atoms with van der Waals surface area (Å²) in [7, 11) is 0. The van der Waals surface area contributed by atoms with E-state index in [4.69, 9.17) is 9.47 Å². The lowest BCUT2D eigenvalue weighted by atomic mass is 10.1. The molecule has 0 aliphatic rings. The molecule has 0 bridgehead atoms. The van der Waals surface area contributed by atoms with E-state index in [1.54, 1.807) is 22.7 Å². The van der Waals surface area contributed by atoms with Gasteiger partial charge in [-0.15, -0.1) is 22.7 Å². The van der Waals surface area contributed by atoms with Crippen molar-refractivity contribution in [2.24, 2.45) is 11.8 Å². The van der Waals surface area contributed by atoms with Gasteiger partial charge in [0.25, 0.3) is 0 Å². The predicted octanol–water partition coefficient (Wildman–Crippen LogP) is 9.52. The molecule has 0 amide bonds. The summed E-state index contributed by atoms with van der Waals surface area (Å²) < 4.78 is 14.8. The van der Waals surface area contributed by atoms with Crippen LogP contribution in [0.2, 0.25) is 0 Å². The quantitative estimate of drug-likeness (QED) is 0.241. The number of hydrogen-bond donors (Lipinski definition) is 0. The molecular weight excluding hydrogens is 544 g/mol. The summed E-state index contributed by atoms with van der Waals surface area (Å²) in [5.74, 6) is 3.05. The van der Waals surface area contributed by atoms with Gasteiger partial charge < -0.3 is 9.47 Å². The molecule has 162 valence electrons. The minimum Gasteiger partial charge on any atom is -0.493 e. The first-order chi connectivity index (χ1) is 14.3. The highest BCUT2D eigenvalue weighted by atomic mass is 79.9. The normalized spacial score (nSPS) is 11.5. The van der Waals surface area contributed by atoms with E-state index in [-0.39, 0.29) is 0 Å². The molecule has 0 fully saturated rings. The Hall–Kier alpha value is -0.820. The molecule has 2 heterocycles. The average molecular weight is 572 g/mol. The molecule has 2 nitrogen and oxygen atoms in total. The largest absolute Gasteiger partial charge is 0.493 e. The second kappa shape index (κ2) is 11.2. The van der Waals surface area contributed by atoms with Crippen molar-refractivity contribution in [3.8, 4) is 32.4 Å². The molecule has 0 aliphatic carbocycles. The zero-order chi connectivity index (χ0) is 21.7. The summed E-state index contributed by atoms with van der Waals surface area (Å²) in [5, 5.41) is 0. The van der Waals surface area contributed by atoms with Crippen molar-refractivity contribution in [3.63, 3.8) is 0 Å². The third kappa shape index (κ3) is 6.59. The van der Waals surface area contributed by atoms with Crippen molar-refractivity contribution < 1.29 is 9.47 Å². The van der Waals surface area contributed by atoms with Gasteiger partial charge in [0.2, 0.25) is 0 Å². The Balaban J connectivity index is 2.04. The van der Waals surface area contributed by atoms with Crippen LogP contribution in [-0.4, -0.2) is 13.2 Å². The first-order valence-corrected chi connectivity index (χ1v) is 13.5. The van der Waals surface area contributed by atoms with E-state index in [1.165, 1.54) is 9.75 Å². The number of halogens is 2. The lowest BCUT2D eigenvalue weighted by Gasteiger charge is -2.18. The third-order valence-electron chi connectivity index (χ3n) is 4.66. The van der Waals surface area contributed by atoms with Crippen LogP contribution in [0.25, 0.3) is 20.9 Å². The second-order valence-electron chi connectivity index (χ2n) is 8.11. The van der Waals surface area contributed by atoms with Crippen LogP contribution < -0.4 is 9.47 Å². The summed E-state index contributed by atoms with van der Waals surface area (Å²) >= 11 is 10.6. The fourth-order valence-electron chi connectivity index (χ4n) is 2.91. The van der Waals surface area contributed by atoms with E-state index in [0.29, 0.717) is 25.0 Å². The van der Waals surface area contributed by atoms with Crippen LogP contribution >= 0.6 is 54.5 Å². The maximum absolute atomic E-state index is 6.31. The van der Waals surface area contributed by atoms with Gasteiger partial charge in [-0.2, -0.15) is 0 Å². The van der Waals surface area contributed by atoms with E-state index in [0.717, 1.165) is 43.0 Å². The van der Waals surface area contributed by atoms with Gasteiger partial charge in [-0.3, -0.25) is 0 Å². The first-order valence-electron chi connectivity index (χ1n) is 10.3. The van der Waals surface area contributed by atoms with Crippen molar-refractivity contribution >= 4 is 54.5 Å². The van der Waals surface area contributed by atoms with Gasteiger partial charge in [-0.25, -0.2) is 0 Å². The molecule has 0 atom stereocenters. The highest BCUT2D eigenvalue weighted by Crippen LogP contribution is 2.45. The van der Waals surface area contributed by atoms with Gasteiger partial charge in [0.1, 0.15) is 11.5 Å². The van der Waals surface area contributed by atoms with E-state index < -0.39 is 0 Å². The molecule has 0 unspecified atom stereocenters. The van der Waals surface area contributed by atoms with E-state index in [1.807, 2.05) is 0 Å². The Morgan fingerprint density at radius 1 is 0.700 bits per heavy atom. The smallest absolute Gasteiger partial charge is 0.128 e. The molecule has 6 heteroatoms. The highest BCUT2D eigenvalue weighted by Gasteiger charge is 2.18. The van der Waals surface area contributed by atoms with Gasteiger partial charge in [-0.1, -0.05) is 27.7 Å². The van der Waals surface area contributed by atoms with Crippen LogP contribution in [0, 0.1) is 11.8 Å². The SMILES string of the molecule is CC(C)CCOc1cc(-c2ccc(Br)s2)c(OCCC(C)C)cc1-c1ccc(Br)s1. The standard InChI is InChI=1S/C24H28Br2O2S2/c1-15(2)9-11-27-19-13-18(22-6-8-24(26)30-22)20(28-12-10-16(3)4)14-17(19)21-5-7-23(25)29-21/h5-8,13-16H,9-12H2,1-4H3. The minimum absolute atomic E-state index is 0.607. The Morgan fingerprint density at radius 3 is 1.40 bits per heavy atom. The fourth-order valence-corrected chi connectivity index (χ4v) is 5.73. The molecule has 0 saturated carbocycles. The minimum atomic E-state index is 0.607. The highest BCUT2D eigenvalue weighted by molar-refractivity contribution is 9.11. The Morgan fingerprint density at radius 2 is 1.10 bits per heavy atom. The van der Waals surface area contributed by atoms with Gasteiger partial charge in [0.15, 0.2) is 0 Å². The number of thiophene rings is 2. The maximum atomic E-state index is 6.31. The van der Waals surface area contributed by atoms with Crippen molar-refractivity contribution in [1.82, 2.24) is 0 Å². The zero-order valence-electron chi connectivity index (χ0n) is 17.8. The monoisotopic (exact) mass is 570 g/mol. The zero-order valence-corrected chi connectivity index (χ0v) is 22.6. The van der Waals surface area contributed by atoms with Crippen LogP contribution in [-0.2, 0) is 0 Å². The molecule has 2 aromatic heterocycles. The summed E-state index contributed by atoms with van der Waals surface area (Å²) in [5.41, 5.74) is 2.18. The fraction of sp³-hybridized carbons (Fsp3) is 0.417. The van der Waals surface area contributed by atoms with Gasteiger partial charge >= 0.3 is 0 Å². The third-order valence-corrected chi connectivity index (χ3v) is 7.98. The van der Waals surface area contributed by atoms with Crippen molar-refractivity contribution in [2.45, 2.75) is 40.5 Å². The molecule has 0 saturated heterocycles.